The lowest BCUT2D eigenvalue weighted by Crippen LogP contribution is -2.60. The summed E-state index contributed by atoms with van der Waals surface area (Å²) in [5.74, 6) is -0.715. The lowest BCUT2D eigenvalue weighted by atomic mass is 9.78. The maximum atomic E-state index is 14.6. The van der Waals surface area contributed by atoms with Crippen molar-refractivity contribution in [3.05, 3.63) is 62.8 Å². The number of carboxylic acid groups (broad SMARTS) is 1. The van der Waals surface area contributed by atoms with Gasteiger partial charge in [-0.05, 0) is 66.7 Å². The first-order chi connectivity index (χ1) is 15.5. The van der Waals surface area contributed by atoms with Crippen molar-refractivity contribution in [3.63, 3.8) is 0 Å². The van der Waals surface area contributed by atoms with Crippen LogP contribution in [-0.4, -0.2) is 40.4 Å². The topological polar surface area (TPSA) is 70.1 Å². The Bertz CT molecular complexity index is 1110. The highest BCUT2D eigenvalue weighted by molar-refractivity contribution is 9.10. The standard InChI is InChI=1S/C24H25BrClFN2O4/c1-23(2,3)33-22(32)28-11-7-10-18(28)24(14-8-5-4-6-9-14)13-15-17(29(24)21(30)31)12-16(27)20(26)19(15)25/h4-6,8-9,12,18H,7,10-11,13H2,1-3H3,(H,30,31). The predicted molar refractivity (Wildman–Crippen MR) is 127 cm³/mol. The summed E-state index contributed by atoms with van der Waals surface area (Å²) in [4.78, 5) is 28.7. The van der Waals surface area contributed by atoms with Gasteiger partial charge < -0.3 is 14.7 Å². The third kappa shape index (κ3) is 3.97. The Morgan fingerprint density at radius 1 is 1.27 bits per heavy atom. The molecule has 2 aliphatic rings. The van der Waals surface area contributed by atoms with E-state index in [0.29, 0.717) is 35.0 Å². The van der Waals surface area contributed by atoms with Crippen LogP contribution in [0.3, 0.4) is 0 Å². The van der Waals surface area contributed by atoms with Gasteiger partial charge in [0.05, 0.1) is 16.8 Å². The second kappa shape index (κ2) is 8.47. The molecule has 1 N–H and O–H groups in total. The Balaban J connectivity index is 1.93. The molecule has 1 saturated heterocycles. The number of halogens is 3. The van der Waals surface area contributed by atoms with Crippen molar-refractivity contribution in [3.8, 4) is 0 Å². The molecule has 2 amide bonds. The monoisotopic (exact) mass is 538 g/mol. The van der Waals surface area contributed by atoms with Gasteiger partial charge in [-0.3, -0.25) is 4.90 Å². The minimum atomic E-state index is -1.23. The first kappa shape index (κ1) is 23.8. The largest absolute Gasteiger partial charge is 0.465 e. The molecule has 2 aliphatic heterocycles. The Morgan fingerprint density at radius 3 is 2.55 bits per heavy atom. The number of amides is 2. The van der Waals surface area contributed by atoms with Crippen LogP contribution in [0.4, 0.5) is 19.7 Å². The first-order valence-corrected chi connectivity index (χ1v) is 11.9. The van der Waals surface area contributed by atoms with Gasteiger partial charge in [-0.15, -0.1) is 0 Å². The van der Waals surface area contributed by atoms with E-state index < -0.39 is 35.2 Å². The molecule has 2 atom stereocenters. The summed E-state index contributed by atoms with van der Waals surface area (Å²) in [5.41, 5.74) is -0.357. The van der Waals surface area contributed by atoms with Gasteiger partial charge in [0.1, 0.15) is 17.0 Å². The van der Waals surface area contributed by atoms with Crippen LogP contribution in [0.5, 0.6) is 0 Å². The van der Waals surface area contributed by atoms with Gasteiger partial charge in [-0.25, -0.2) is 14.0 Å². The molecular weight excluding hydrogens is 515 g/mol. The van der Waals surface area contributed by atoms with E-state index in [1.54, 1.807) is 25.7 Å². The van der Waals surface area contributed by atoms with Crippen molar-refractivity contribution in [1.82, 2.24) is 4.90 Å². The van der Waals surface area contributed by atoms with Crippen LogP contribution < -0.4 is 4.90 Å². The van der Waals surface area contributed by atoms with Crippen LogP contribution >= 0.6 is 27.5 Å². The Hall–Kier alpha value is -2.32. The van der Waals surface area contributed by atoms with Crippen molar-refractivity contribution in [2.75, 3.05) is 11.4 Å². The second-order valence-electron chi connectivity index (χ2n) is 9.40. The van der Waals surface area contributed by atoms with E-state index in [9.17, 15) is 19.1 Å². The molecule has 2 aromatic rings. The third-order valence-corrected chi connectivity index (χ3v) is 7.70. The molecule has 0 aromatic heterocycles. The first-order valence-electron chi connectivity index (χ1n) is 10.7. The zero-order valence-corrected chi connectivity index (χ0v) is 20.9. The van der Waals surface area contributed by atoms with Gasteiger partial charge in [-0.2, -0.15) is 0 Å². The quantitative estimate of drug-likeness (QED) is 0.438. The highest BCUT2D eigenvalue weighted by Crippen LogP contribution is 2.54. The van der Waals surface area contributed by atoms with Crippen LogP contribution in [0, 0.1) is 5.82 Å². The molecular formula is C24H25BrClFN2O4. The number of carbonyl (C=O) groups excluding carboxylic acids is 1. The molecule has 0 radical (unpaired) electrons. The van der Waals surface area contributed by atoms with E-state index in [1.165, 1.54) is 4.90 Å². The molecule has 0 bridgehead atoms. The zero-order valence-electron chi connectivity index (χ0n) is 18.6. The van der Waals surface area contributed by atoms with Gasteiger partial charge >= 0.3 is 12.2 Å². The minimum Gasteiger partial charge on any atom is -0.465 e. The minimum absolute atomic E-state index is 0.0987. The molecule has 0 aliphatic carbocycles. The average molecular weight is 540 g/mol. The Kier molecular flexibility index (Phi) is 6.12. The summed E-state index contributed by atoms with van der Waals surface area (Å²) in [6.45, 7) is 5.81. The van der Waals surface area contributed by atoms with Gasteiger partial charge in [0, 0.05) is 17.4 Å². The normalized spacial score (nSPS) is 22.4. The van der Waals surface area contributed by atoms with Gasteiger partial charge in [-0.1, -0.05) is 41.9 Å². The lowest BCUT2D eigenvalue weighted by Gasteiger charge is -2.45. The van der Waals surface area contributed by atoms with Crippen LogP contribution in [0.25, 0.3) is 0 Å². The number of hydrogen-bond donors (Lipinski definition) is 1. The summed E-state index contributed by atoms with van der Waals surface area (Å²) in [7, 11) is 0. The summed E-state index contributed by atoms with van der Waals surface area (Å²) >= 11 is 9.55. The fourth-order valence-electron chi connectivity index (χ4n) is 5.04. The number of fused-ring (bicyclic) bond motifs is 1. The molecule has 33 heavy (non-hydrogen) atoms. The van der Waals surface area contributed by atoms with E-state index in [2.05, 4.69) is 15.9 Å². The maximum Gasteiger partial charge on any atom is 0.412 e. The SMILES string of the molecule is CC(C)(C)OC(=O)N1CCCC1C1(c2ccccc2)Cc2c(cc(F)c(Cl)c2Br)N1C(=O)O. The maximum absolute atomic E-state index is 14.6. The van der Waals surface area contributed by atoms with Crippen LogP contribution in [0.1, 0.15) is 44.7 Å². The summed E-state index contributed by atoms with van der Waals surface area (Å²) < 4.78 is 20.6. The Morgan fingerprint density at radius 2 is 1.94 bits per heavy atom. The number of rotatable bonds is 2. The molecule has 2 aromatic carbocycles. The van der Waals surface area contributed by atoms with Gasteiger partial charge in [0.25, 0.3) is 0 Å². The van der Waals surface area contributed by atoms with E-state index in [-0.39, 0.29) is 17.1 Å². The number of likely N-dealkylation sites (tertiary alicyclic amines) is 1. The van der Waals surface area contributed by atoms with Crippen LogP contribution in [-0.2, 0) is 16.7 Å². The number of nitrogens with zero attached hydrogens (tertiary/aromatic N) is 2. The molecule has 2 unspecified atom stereocenters. The average Bonchev–Trinajstić information content (AvgIpc) is 3.35. The van der Waals surface area contributed by atoms with E-state index in [4.69, 9.17) is 16.3 Å². The number of ether oxygens (including phenoxy) is 1. The van der Waals surface area contributed by atoms with Crippen molar-refractivity contribution in [2.45, 2.75) is 57.2 Å². The fourth-order valence-corrected chi connectivity index (χ4v) is 5.75. The van der Waals surface area contributed by atoms with Crippen molar-refractivity contribution < 1.29 is 23.8 Å². The molecule has 0 spiro atoms. The van der Waals surface area contributed by atoms with Crippen molar-refractivity contribution in [1.29, 1.82) is 0 Å². The number of anilines is 1. The van der Waals surface area contributed by atoms with E-state index >= 15 is 0 Å². The summed E-state index contributed by atoms with van der Waals surface area (Å²) in [6, 6.07) is 9.83. The molecule has 176 valence electrons. The van der Waals surface area contributed by atoms with Gasteiger partial charge in [0.15, 0.2) is 0 Å². The molecule has 2 heterocycles. The molecule has 1 fully saturated rings. The fraction of sp³-hybridized carbons (Fsp3) is 0.417. The highest BCUT2D eigenvalue weighted by atomic mass is 79.9. The molecule has 9 heteroatoms. The van der Waals surface area contributed by atoms with E-state index in [1.807, 2.05) is 30.3 Å². The highest BCUT2D eigenvalue weighted by Gasteiger charge is 2.58. The van der Waals surface area contributed by atoms with E-state index in [0.717, 1.165) is 6.07 Å². The number of hydrogen-bond acceptors (Lipinski definition) is 3. The van der Waals surface area contributed by atoms with Gasteiger partial charge in [0.2, 0.25) is 0 Å². The zero-order chi connectivity index (χ0) is 24.1. The van der Waals surface area contributed by atoms with Crippen LogP contribution in [0.15, 0.2) is 40.9 Å². The Labute approximate surface area is 205 Å². The number of carbonyl (C=O) groups is 2. The second-order valence-corrected chi connectivity index (χ2v) is 10.6. The third-order valence-electron chi connectivity index (χ3n) is 6.22. The van der Waals surface area contributed by atoms with Crippen molar-refractivity contribution in [2.24, 2.45) is 0 Å². The molecule has 0 saturated carbocycles. The van der Waals surface area contributed by atoms with Crippen LogP contribution in [0.2, 0.25) is 5.02 Å². The molecule has 4 rings (SSSR count). The number of benzene rings is 2. The lowest BCUT2D eigenvalue weighted by molar-refractivity contribution is 0.0148. The smallest absolute Gasteiger partial charge is 0.412 e. The van der Waals surface area contributed by atoms with Crippen molar-refractivity contribution >= 4 is 45.4 Å². The molecule has 6 nitrogen and oxygen atoms in total. The summed E-state index contributed by atoms with van der Waals surface area (Å²) in [6.07, 6.45) is -0.242. The summed E-state index contributed by atoms with van der Waals surface area (Å²) in [5, 5.41) is 10.3. The predicted octanol–water partition coefficient (Wildman–Crippen LogP) is 6.58.